The number of aldehydes is 1. The number of carboxylic acids is 1. The van der Waals surface area contributed by atoms with Crippen molar-refractivity contribution in [2.75, 3.05) is 0 Å². The molecule has 1 aromatic rings. The van der Waals surface area contributed by atoms with Gasteiger partial charge in [0.2, 0.25) is 5.75 Å². The Labute approximate surface area is 104 Å². The topological polar surface area (TPSA) is 107 Å². The van der Waals surface area contributed by atoms with Gasteiger partial charge >= 0.3 is 18.3 Å². The molecule has 1 aromatic carbocycles. The first-order valence-electron chi connectivity index (χ1n) is 4.78. The zero-order valence-electron chi connectivity index (χ0n) is 9.21. The van der Waals surface area contributed by atoms with Crippen molar-refractivity contribution in [2.45, 2.75) is 13.0 Å². The van der Waals surface area contributed by atoms with Crippen molar-refractivity contribution in [1.29, 1.82) is 0 Å². The molecule has 0 aliphatic heterocycles. The molecule has 0 aliphatic carbocycles. The summed E-state index contributed by atoms with van der Waals surface area (Å²) in [6.45, 7) is -3.30. The highest BCUT2D eigenvalue weighted by Crippen LogP contribution is 2.31. The van der Waals surface area contributed by atoms with Gasteiger partial charge in [-0.25, -0.2) is 0 Å². The minimum Gasteiger partial charge on any atom is -0.481 e. The molecule has 0 aromatic heterocycles. The predicted octanol–water partition coefficient (Wildman–Crippen LogP) is 1.64. The highest BCUT2D eigenvalue weighted by molar-refractivity contribution is 5.83. The standard InChI is InChI=1S/C10H7F2NO6/c11-10(12)19-8-2-6(4-14)5(3-9(15)16)1-7(8)13(17)18/h1-2,4,10H,3H2,(H,15,16). The van der Waals surface area contributed by atoms with Gasteiger partial charge in [-0.2, -0.15) is 8.78 Å². The molecule has 1 N–H and O–H groups in total. The van der Waals surface area contributed by atoms with Crippen molar-refractivity contribution >= 4 is 17.9 Å². The Balaban J connectivity index is 3.36. The van der Waals surface area contributed by atoms with Gasteiger partial charge in [-0.15, -0.1) is 0 Å². The normalized spacial score (nSPS) is 10.3. The van der Waals surface area contributed by atoms with Gasteiger partial charge in [-0.05, 0) is 11.6 Å². The van der Waals surface area contributed by atoms with Crippen LogP contribution in [0.25, 0.3) is 0 Å². The summed E-state index contributed by atoms with van der Waals surface area (Å²) < 4.78 is 28.1. The number of carbonyl (C=O) groups is 2. The number of hydrogen-bond donors (Lipinski definition) is 1. The van der Waals surface area contributed by atoms with Crippen LogP contribution in [-0.4, -0.2) is 28.9 Å². The van der Waals surface area contributed by atoms with E-state index in [2.05, 4.69) is 4.74 Å². The summed E-state index contributed by atoms with van der Waals surface area (Å²) in [4.78, 5) is 30.9. The SMILES string of the molecule is O=Cc1cc(OC(F)F)c([N+](=O)[O-])cc1CC(=O)O. The number of rotatable bonds is 6. The van der Waals surface area contributed by atoms with Crippen LogP contribution in [0.15, 0.2) is 12.1 Å². The van der Waals surface area contributed by atoms with Gasteiger partial charge in [-0.3, -0.25) is 19.7 Å². The molecule has 0 fully saturated rings. The largest absolute Gasteiger partial charge is 0.481 e. The second-order valence-electron chi connectivity index (χ2n) is 3.34. The van der Waals surface area contributed by atoms with Crippen LogP contribution in [0.2, 0.25) is 0 Å². The minimum atomic E-state index is -3.30. The summed E-state index contributed by atoms with van der Waals surface area (Å²) in [7, 11) is 0. The molecule has 0 amide bonds. The van der Waals surface area contributed by atoms with Gasteiger partial charge < -0.3 is 9.84 Å². The van der Waals surface area contributed by atoms with E-state index in [1.54, 1.807) is 0 Å². The predicted molar refractivity (Wildman–Crippen MR) is 56.5 cm³/mol. The van der Waals surface area contributed by atoms with Crippen molar-refractivity contribution in [2.24, 2.45) is 0 Å². The fraction of sp³-hybridized carbons (Fsp3) is 0.200. The molecule has 0 saturated heterocycles. The zero-order chi connectivity index (χ0) is 14.6. The molecule has 0 radical (unpaired) electrons. The Morgan fingerprint density at radius 3 is 2.58 bits per heavy atom. The first-order valence-corrected chi connectivity index (χ1v) is 4.78. The maximum absolute atomic E-state index is 12.1. The molecule has 0 saturated carbocycles. The number of alkyl halides is 2. The van der Waals surface area contributed by atoms with E-state index in [9.17, 15) is 28.5 Å². The quantitative estimate of drug-likeness (QED) is 0.480. The summed E-state index contributed by atoms with van der Waals surface area (Å²) in [5.74, 6) is -2.11. The average molecular weight is 275 g/mol. The van der Waals surface area contributed by atoms with Crippen molar-refractivity contribution in [3.63, 3.8) is 0 Å². The van der Waals surface area contributed by atoms with Crippen LogP contribution in [-0.2, 0) is 11.2 Å². The van der Waals surface area contributed by atoms with Crippen molar-refractivity contribution in [3.8, 4) is 5.75 Å². The Morgan fingerprint density at radius 1 is 1.53 bits per heavy atom. The van der Waals surface area contributed by atoms with E-state index < -0.39 is 35.4 Å². The van der Waals surface area contributed by atoms with Gasteiger partial charge in [0.05, 0.1) is 11.3 Å². The van der Waals surface area contributed by atoms with Gasteiger partial charge in [0.25, 0.3) is 0 Å². The number of nitrogens with zero attached hydrogens (tertiary/aromatic N) is 1. The van der Waals surface area contributed by atoms with Crippen LogP contribution >= 0.6 is 0 Å². The highest BCUT2D eigenvalue weighted by atomic mass is 19.3. The van der Waals surface area contributed by atoms with Crippen LogP contribution in [0.3, 0.4) is 0 Å². The van der Waals surface area contributed by atoms with E-state index >= 15 is 0 Å². The number of benzene rings is 1. The van der Waals surface area contributed by atoms with Gasteiger partial charge in [-0.1, -0.05) is 0 Å². The third-order valence-electron chi connectivity index (χ3n) is 2.10. The molecule has 9 heteroatoms. The zero-order valence-corrected chi connectivity index (χ0v) is 9.21. The van der Waals surface area contributed by atoms with E-state index in [1.165, 1.54) is 0 Å². The van der Waals surface area contributed by atoms with Crippen molar-refractivity contribution < 1.29 is 33.1 Å². The van der Waals surface area contributed by atoms with E-state index in [0.29, 0.717) is 0 Å². The molecule has 0 bridgehead atoms. The van der Waals surface area contributed by atoms with E-state index in [-0.39, 0.29) is 17.4 Å². The highest BCUT2D eigenvalue weighted by Gasteiger charge is 2.22. The Morgan fingerprint density at radius 2 is 2.16 bits per heavy atom. The molecule has 19 heavy (non-hydrogen) atoms. The fourth-order valence-corrected chi connectivity index (χ4v) is 1.39. The third kappa shape index (κ3) is 3.69. The number of nitro groups is 1. The Bertz CT molecular complexity index is 531. The van der Waals surface area contributed by atoms with Crippen LogP contribution in [0.4, 0.5) is 14.5 Å². The van der Waals surface area contributed by atoms with E-state index in [0.717, 1.165) is 12.1 Å². The maximum atomic E-state index is 12.1. The van der Waals surface area contributed by atoms with Crippen LogP contribution in [0, 0.1) is 10.1 Å². The monoisotopic (exact) mass is 275 g/mol. The second-order valence-corrected chi connectivity index (χ2v) is 3.34. The van der Waals surface area contributed by atoms with Crippen molar-refractivity contribution in [1.82, 2.24) is 0 Å². The lowest BCUT2D eigenvalue weighted by Gasteiger charge is -2.08. The number of carbonyl (C=O) groups excluding carboxylic acids is 1. The number of ether oxygens (including phenoxy) is 1. The van der Waals surface area contributed by atoms with Crippen LogP contribution in [0.1, 0.15) is 15.9 Å². The summed E-state index contributed by atoms with van der Waals surface area (Å²) in [5.41, 5.74) is -1.25. The molecular formula is C10H7F2NO6. The summed E-state index contributed by atoms with van der Waals surface area (Å²) >= 11 is 0. The number of aliphatic carboxylic acids is 1. The van der Waals surface area contributed by atoms with Gasteiger partial charge in [0, 0.05) is 11.6 Å². The third-order valence-corrected chi connectivity index (χ3v) is 2.10. The van der Waals surface area contributed by atoms with Gasteiger partial charge in [0.1, 0.15) is 6.29 Å². The molecular weight excluding hydrogens is 268 g/mol. The molecule has 102 valence electrons. The molecule has 0 unspecified atom stereocenters. The van der Waals surface area contributed by atoms with Gasteiger partial charge in [0.15, 0.2) is 0 Å². The molecule has 7 nitrogen and oxygen atoms in total. The lowest BCUT2D eigenvalue weighted by Crippen LogP contribution is -2.08. The smallest absolute Gasteiger partial charge is 0.387 e. The lowest BCUT2D eigenvalue weighted by molar-refractivity contribution is -0.386. The summed E-state index contributed by atoms with van der Waals surface area (Å²) in [6.07, 6.45) is -0.440. The van der Waals surface area contributed by atoms with Crippen LogP contribution < -0.4 is 4.74 Å². The number of nitro benzene ring substituents is 1. The minimum absolute atomic E-state index is 0.157. The van der Waals surface area contributed by atoms with Crippen LogP contribution in [0.5, 0.6) is 5.75 Å². The molecule has 1 rings (SSSR count). The number of carboxylic acid groups (broad SMARTS) is 1. The first kappa shape index (κ1) is 14.5. The number of halogens is 2. The lowest BCUT2D eigenvalue weighted by atomic mass is 10.0. The molecule has 0 atom stereocenters. The van der Waals surface area contributed by atoms with E-state index in [4.69, 9.17) is 5.11 Å². The number of hydrogen-bond acceptors (Lipinski definition) is 5. The Hall–Kier alpha value is -2.58. The molecule has 0 aliphatic rings. The first-order chi connectivity index (χ1) is 8.85. The summed E-state index contributed by atoms with van der Waals surface area (Å²) in [5, 5.41) is 19.3. The maximum Gasteiger partial charge on any atom is 0.387 e. The van der Waals surface area contributed by atoms with E-state index in [1.807, 2.05) is 0 Å². The van der Waals surface area contributed by atoms with Crippen molar-refractivity contribution in [3.05, 3.63) is 33.4 Å². The summed E-state index contributed by atoms with van der Waals surface area (Å²) in [6, 6.07) is 1.45. The Kier molecular flexibility index (Phi) is 4.46. The fourth-order valence-electron chi connectivity index (χ4n) is 1.39. The second kappa shape index (κ2) is 5.85. The average Bonchev–Trinajstić information content (AvgIpc) is 2.28. The molecule has 0 spiro atoms. The molecule has 0 heterocycles.